The van der Waals surface area contributed by atoms with Gasteiger partial charge in [-0.3, -0.25) is 0 Å². The average Bonchev–Trinajstić information content (AvgIpc) is 2.40. The van der Waals surface area contributed by atoms with E-state index in [1.807, 2.05) is 18.2 Å². The molecule has 17 heavy (non-hydrogen) atoms. The summed E-state index contributed by atoms with van der Waals surface area (Å²) in [6, 6.07) is 10.7. The molecule has 0 radical (unpaired) electrons. The Balaban J connectivity index is 2.15. The Labute approximate surface area is 103 Å². The zero-order chi connectivity index (χ0) is 12.1. The Bertz CT molecular complexity index is 413. The summed E-state index contributed by atoms with van der Waals surface area (Å²) in [7, 11) is 1.68. The van der Waals surface area contributed by atoms with Gasteiger partial charge in [-0.2, -0.15) is 5.26 Å². The van der Waals surface area contributed by atoms with Gasteiger partial charge < -0.3 is 4.74 Å². The molecule has 2 rings (SSSR count). The third-order valence-corrected chi connectivity index (χ3v) is 3.72. The molecule has 0 amide bonds. The van der Waals surface area contributed by atoms with Crippen molar-refractivity contribution in [2.45, 2.75) is 38.5 Å². The molecule has 1 aliphatic carbocycles. The van der Waals surface area contributed by atoms with E-state index >= 15 is 0 Å². The molecular formula is C15H19NO. The molecule has 1 aromatic rings. The van der Waals surface area contributed by atoms with Crippen molar-refractivity contribution in [3.8, 4) is 11.8 Å². The molecule has 0 aromatic heterocycles. The number of hydrogen-bond donors (Lipinski definition) is 0. The molecule has 1 fully saturated rings. The largest absolute Gasteiger partial charge is 0.497 e. The van der Waals surface area contributed by atoms with E-state index in [1.165, 1.54) is 24.8 Å². The Kier molecular flexibility index (Phi) is 3.68. The van der Waals surface area contributed by atoms with E-state index in [9.17, 15) is 5.26 Å². The fraction of sp³-hybridized carbons (Fsp3) is 0.533. The first-order valence-electron chi connectivity index (χ1n) is 6.32. The van der Waals surface area contributed by atoms with Gasteiger partial charge in [-0.25, -0.2) is 0 Å². The van der Waals surface area contributed by atoms with Gasteiger partial charge in [0.25, 0.3) is 0 Å². The van der Waals surface area contributed by atoms with E-state index < -0.39 is 0 Å². The SMILES string of the molecule is COc1cccc(CC2(C#N)CCCCC2)c1. The molecular weight excluding hydrogens is 210 g/mol. The second-order valence-electron chi connectivity index (χ2n) is 4.98. The third-order valence-electron chi connectivity index (χ3n) is 3.72. The summed E-state index contributed by atoms with van der Waals surface area (Å²) in [4.78, 5) is 0. The maximum absolute atomic E-state index is 9.45. The van der Waals surface area contributed by atoms with Crippen LogP contribution in [0.1, 0.15) is 37.7 Å². The Morgan fingerprint density at radius 1 is 1.29 bits per heavy atom. The van der Waals surface area contributed by atoms with Crippen molar-refractivity contribution in [3.63, 3.8) is 0 Å². The van der Waals surface area contributed by atoms with Gasteiger partial charge in [0.2, 0.25) is 0 Å². The van der Waals surface area contributed by atoms with Gasteiger partial charge in [-0.15, -0.1) is 0 Å². The van der Waals surface area contributed by atoms with Crippen molar-refractivity contribution in [2.24, 2.45) is 5.41 Å². The topological polar surface area (TPSA) is 33.0 Å². The number of hydrogen-bond acceptors (Lipinski definition) is 2. The number of benzene rings is 1. The highest BCUT2D eigenvalue weighted by molar-refractivity contribution is 5.30. The molecule has 0 spiro atoms. The summed E-state index contributed by atoms with van der Waals surface area (Å²) in [5.74, 6) is 0.881. The molecule has 2 heteroatoms. The number of rotatable bonds is 3. The first kappa shape index (κ1) is 12.0. The van der Waals surface area contributed by atoms with E-state index in [1.54, 1.807) is 7.11 Å². The fourth-order valence-electron chi connectivity index (χ4n) is 2.73. The maximum atomic E-state index is 9.45. The monoisotopic (exact) mass is 229 g/mol. The first-order valence-corrected chi connectivity index (χ1v) is 6.32. The van der Waals surface area contributed by atoms with Crippen molar-refractivity contribution in [1.29, 1.82) is 5.26 Å². The minimum Gasteiger partial charge on any atom is -0.497 e. The van der Waals surface area contributed by atoms with Crippen LogP contribution in [0, 0.1) is 16.7 Å². The van der Waals surface area contributed by atoms with E-state index in [2.05, 4.69) is 12.1 Å². The van der Waals surface area contributed by atoms with Crippen LogP contribution in [0.3, 0.4) is 0 Å². The van der Waals surface area contributed by atoms with Gasteiger partial charge in [0, 0.05) is 0 Å². The van der Waals surface area contributed by atoms with Crippen molar-refractivity contribution < 1.29 is 4.74 Å². The lowest BCUT2D eigenvalue weighted by atomic mass is 9.71. The lowest BCUT2D eigenvalue weighted by Gasteiger charge is -2.30. The van der Waals surface area contributed by atoms with Crippen LogP contribution in [0.5, 0.6) is 5.75 Å². The molecule has 0 unspecified atom stereocenters. The lowest BCUT2D eigenvalue weighted by Crippen LogP contribution is -2.24. The number of ether oxygens (including phenoxy) is 1. The van der Waals surface area contributed by atoms with E-state index in [0.29, 0.717) is 0 Å². The molecule has 1 saturated carbocycles. The summed E-state index contributed by atoms with van der Waals surface area (Å²) < 4.78 is 5.23. The molecule has 2 nitrogen and oxygen atoms in total. The highest BCUT2D eigenvalue weighted by Gasteiger charge is 2.32. The molecule has 0 saturated heterocycles. The highest BCUT2D eigenvalue weighted by atomic mass is 16.5. The Morgan fingerprint density at radius 2 is 2.06 bits per heavy atom. The molecule has 0 aliphatic heterocycles. The standard InChI is InChI=1S/C15H19NO/c1-17-14-7-5-6-13(10-14)11-15(12-16)8-3-2-4-9-15/h5-7,10H,2-4,8-9,11H2,1H3. The predicted octanol–water partition coefficient (Wildman–Crippen LogP) is 3.71. The van der Waals surface area contributed by atoms with Crippen LogP contribution in [-0.4, -0.2) is 7.11 Å². The zero-order valence-corrected chi connectivity index (χ0v) is 10.4. The predicted molar refractivity (Wildman–Crippen MR) is 67.8 cm³/mol. The summed E-state index contributed by atoms with van der Waals surface area (Å²) in [6.45, 7) is 0. The van der Waals surface area contributed by atoms with Gasteiger partial charge in [-0.1, -0.05) is 31.4 Å². The molecule has 1 aliphatic rings. The summed E-state index contributed by atoms with van der Waals surface area (Å²) in [5.41, 5.74) is 1.08. The molecule has 90 valence electrons. The van der Waals surface area contributed by atoms with Crippen LogP contribution in [0.2, 0.25) is 0 Å². The minimum atomic E-state index is -0.134. The van der Waals surface area contributed by atoms with Crippen LogP contribution in [-0.2, 0) is 6.42 Å². The van der Waals surface area contributed by atoms with Crippen molar-refractivity contribution in [3.05, 3.63) is 29.8 Å². The van der Waals surface area contributed by atoms with Crippen LogP contribution in [0.25, 0.3) is 0 Å². The maximum Gasteiger partial charge on any atom is 0.119 e. The van der Waals surface area contributed by atoms with Gasteiger partial charge >= 0.3 is 0 Å². The third kappa shape index (κ3) is 2.79. The Morgan fingerprint density at radius 3 is 2.71 bits per heavy atom. The van der Waals surface area contributed by atoms with Crippen molar-refractivity contribution in [1.82, 2.24) is 0 Å². The summed E-state index contributed by atoms with van der Waals surface area (Å²) >= 11 is 0. The average molecular weight is 229 g/mol. The number of methoxy groups -OCH3 is 1. The van der Waals surface area contributed by atoms with Crippen LogP contribution in [0.15, 0.2) is 24.3 Å². The molecule has 0 atom stereocenters. The van der Waals surface area contributed by atoms with E-state index in [-0.39, 0.29) is 5.41 Å². The van der Waals surface area contributed by atoms with Crippen molar-refractivity contribution in [2.75, 3.05) is 7.11 Å². The lowest BCUT2D eigenvalue weighted by molar-refractivity contribution is 0.265. The Hall–Kier alpha value is -1.49. The second-order valence-corrected chi connectivity index (χ2v) is 4.98. The van der Waals surface area contributed by atoms with Crippen LogP contribution < -0.4 is 4.74 Å². The summed E-state index contributed by atoms with van der Waals surface area (Å²) in [6.07, 6.45) is 6.61. The van der Waals surface area contributed by atoms with Gasteiger partial charge in [0.05, 0.1) is 18.6 Å². The fourth-order valence-corrected chi connectivity index (χ4v) is 2.73. The number of nitrogens with zero attached hydrogens (tertiary/aromatic N) is 1. The second kappa shape index (κ2) is 5.23. The highest BCUT2D eigenvalue weighted by Crippen LogP contribution is 2.38. The van der Waals surface area contributed by atoms with Crippen LogP contribution in [0.4, 0.5) is 0 Å². The summed E-state index contributed by atoms with van der Waals surface area (Å²) in [5, 5.41) is 9.45. The van der Waals surface area contributed by atoms with E-state index in [4.69, 9.17) is 4.74 Å². The number of nitriles is 1. The zero-order valence-electron chi connectivity index (χ0n) is 10.4. The van der Waals surface area contributed by atoms with Crippen molar-refractivity contribution >= 4 is 0 Å². The van der Waals surface area contributed by atoms with Crippen LogP contribution >= 0.6 is 0 Å². The molecule has 1 aromatic carbocycles. The smallest absolute Gasteiger partial charge is 0.119 e. The first-order chi connectivity index (χ1) is 8.28. The van der Waals surface area contributed by atoms with Gasteiger partial charge in [0.15, 0.2) is 0 Å². The normalized spacial score (nSPS) is 18.4. The van der Waals surface area contributed by atoms with E-state index in [0.717, 1.165) is 25.0 Å². The molecule has 0 N–H and O–H groups in total. The van der Waals surface area contributed by atoms with Gasteiger partial charge in [-0.05, 0) is 37.0 Å². The minimum absolute atomic E-state index is 0.134. The molecule has 0 bridgehead atoms. The van der Waals surface area contributed by atoms with Gasteiger partial charge in [0.1, 0.15) is 5.75 Å². The quantitative estimate of drug-likeness (QED) is 0.791. The molecule has 0 heterocycles.